The van der Waals surface area contributed by atoms with Gasteiger partial charge in [-0.3, -0.25) is 4.79 Å². The summed E-state index contributed by atoms with van der Waals surface area (Å²) in [7, 11) is 2.90. The molecule has 132 valence electrons. The average Bonchev–Trinajstić information content (AvgIpc) is 3.18. The van der Waals surface area contributed by atoms with Gasteiger partial charge in [-0.05, 0) is 48.5 Å². The summed E-state index contributed by atoms with van der Waals surface area (Å²) >= 11 is 0. The number of hydrogen-bond acceptors (Lipinski definition) is 6. The third-order valence-electron chi connectivity index (χ3n) is 3.68. The van der Waals surface area contributed by atoms with Gasteiger partial charge in [-0.25, -0.2) is 4.79 Å². The third-order valence-corrected chi connectivity index (χ3v) is 3.68. The standard InChI is InChI=1S/C19H16N2O5/c1-24-15-9-5-12(6-10-15)17-11-16(21-26-17)18(22)20-14-7-3-13(4-8-14)19(23)25-2/h3-11H,1-2H3,(H,20,22). The fourth-order valence-corrected chi connectivity index (χ4v) is 2.28. The zero-order valence-corrected chi connectivity index (χ0v) is 14.2. The highest BCUT2D eigenvalue weighted by Gasteiger charge is 2.14. The van der Waals surface area contributed by atoms with Gasteiger partial charge in [0.1, 0.15) is 5.75 Å². The number of ether oxygens (including phenoxy) is 2. The molecule has 0 fully saturated rings. The summed E-state index contributed by atoms with van der Waals surface area (Å²) in [6.45, 7) is 0. The molecule has 0 saturated heterocycles. The Labute approximate surface area is 149 Å². The van der Waals surface area contributed by atoms with Gasteiger partial charge >= 0.3 is 5.97 Å². The summed E-state index contributed by atoms with van der Waals surface area (Å²) in [5, 5.41) is 6.49. The van der Waals surface area contributed by atoms with Crippen LogP contribution in [0.3, 0.4) is 0 Å². The molecule has 0 atom stereocenters. The number of nitrogens with zero attached hydrogens (tertiary/aromatic N) is 1. The lowest BCUT2D eigenvalue weighted by Gasteiger charge is -2.04. The second kappa shape index (κ2) is 7.52. The van der Waals surface area contributed by atoms with E-state index >= 15 is 0 Å². The Bertz CT molecular complexity index is 914. The van der Waals surface area contributed by atoms with Crippen molar-refractivity contribution in [2.75, 3.05) is 19.5 Å². The van der Waals surface area contributed by atoms with Crippen LogP contribution in [0.25, 0.3) is 11.3 Å². The first-order valence-electron chi connectivity index (χ1n) is 7.71. The summed E-state index contributed by atoms with van der Waals surface area (Å²) in [6.07, 6.45) is 0. The second-order valence-corrected chi connectivity index (χ2v) is 5.33. The molecule has 0 spiro atoms. The minimum Gasteiger partial charge on any atom is -0.497 e. The molecule has 1 N–H and O–H groups in total. The molecule has 7 nitrogen and oxygen atoms in total. The van der Waals surface area contributed by atoms with E-state index in [4.69, 9.17) is 9.26 Å². The van der Waals surface area contributed by atoms with Gasteiger partial charge in [-0.2, -0.15) is 0 Å². The van der Waals surface area contributed by atoms with Crippen molar-refractivity contribution in [3.8, 4) is 17.1 Å². The number of methoxy groups -OCH3 is 2. The number of nitrogens with one attached hydrogen (secondary N) is 1. The summed E-state index contributed by atoms with van der Waals surface area (Å²) in [4.78, 5) is 23.7. The first kappa shape index (κ1) is 17.2. The van der Waals surface area contributed by atoms with Crippen LogP contribution in [0.4, 0.5) is 5.69 Å². The van der Waals surface area contributed by atoms with E-state index in [1.165, 1.54) is 7.11 Å². The fraction of sp³-hybridized carbons (Fsp3) is 0.105. The van der Waals surface area contributed by atoms with Crippen molar-refractivity contribution in [2.45, 2.75) is 0 Å². The Morgan fingerprint density at radius 1 is 1.00 bits per heavy atom. The van der Waals surface area contributed by atoms with Gasteiger partial charge in [-0.15, -0.1) is 0 Å². The predicted molar refractivity (Wildman–Crippen MR) is 94.2 cm³/mol. The lowest BCUT2D eigenvalue weighted by atomic mass is 10.1. The Morgan fingerprint density at radius 3 is 2.31 bits per heavy atom. The van der Waals surface area contributed by atoms with Crippen LogP contribution in [0.1, 0.15) is 20.8 Å². The molecule has 0 radical (unpaired) electrons. The van der Waals surface area contributed by atoms with Gasteiger partial charge < -0.3 is 19.3 Å². The van der Waals surface area contributed by atoms with Crippen LogP contribution in [0.5, 0.6) is 5.75 Å². The van der Waals surface area contributed by atoms with Crippen LogP contribution in [-0.2, 0) is 4.74 Å². The first-order chi connectivity index (χ1) is 12.6. The quantitative estimate of drug-likeness (QED) is 0.708. The summed E-state index contributed by atoms with van der Waals surface area (Å²) in [6, 6.07) is 15.1. The number of anilines is 1. The molecule has 1 heterocycles. The fourth-order valence-electron chi connectivity index (χ4n) is 2.28. The van der Waals surface area contributed by atoms with Crippen molar-refractivity contribution in [3.05, 3.63) is 65.9 Å². The van der Waals surface area contributed by atoms with E-state index in [0.29, 0.717) is 17.0 Å². The molecule has 0 aliphatic heterocycles. The molecule has 0 unspecified atom stereocenters. The molecule has 3 rings (SSSR count). The van der Waals surface area contributed by atoms with E-state index in [1.54, 1.807) is 49.6 Å². The van der Waals surface area contributed by atoms with E-state index in [0.717, 1.165) is 11.3 Å². The lowest BCUT2D eigenvalue weighted by molar-refractivity contribution is 0.0600. The first-order valence-corrected chi connectivity index (χ1v) is 7.71. The number of carbonyl (C=O) groups excluding carboxylic acids is 2. The molecule has 0 bridgehead atoms. The molecule has 0 aliphatic carbocycles. The normalized spacial score (nSPS) is 10.2. The van der Waals surface area contributed by atoms with Gasteiger partial charge in [0, 0.05) is 17.3 Å². The van der Waals surface area contributed by atoms with Crippen LogP contribution in [0.2, 0.25) is 0 Å². The van der Waals surface area contributed by atoms with Gasteiger partial charge in [-0.1, -0.05) is 5.16 Å². The van der Waals surface area contributed by atoms with Gasteiger partial charge in [0.25, 0.3) is 5.91 Å². The van der Waals surface area contributed by atoms with Crippen molar-refractivity contribution >= 4 is 17.6 Å². The molecule has 0 aliphatic rings. The SMILES string of the molecule is COC(=O)c1ccc(NC(=O)c2cc(-c3ccc(OC)cc3)on2)cc1. The summed E-state index contributed by atoms with van der Waals surface area (Å²) in [5.41, 5.74) is 1.85. The molecule has 3 aromatic rings. The highest BCUT2D eigenvalue weighted by Crippen LogP contribution is 2.23. The van der Waals surface area contributed by atoms with Crippen molar-refractivity contribution in [1.82, 2.24) is 5.16 Å². The van der Waals surface area contributed by atoms with Crippen molar-refractivity contribution in [2.24, 2.45) is 0 Å². The molecular formula is C19H16N2O5. The highest BCUT2D eigenvalue weighted by atomic mass is 16.5. The zero-order chi connectivity index (χ0) is 18.5. The van der Waals surface area contributed by atoms with Crippen LogP contribution in [0.15, 0.2) is 59.1 Å². The molecule has 1 amide bonds. The zero-order valence-electron chi connectivity index (χ0n) is 14.2. The van der Waals surface area contributed by atoms with Crippen LogP contribution in [-0.4, -0.2) is 31.3 Å². The van der Waals surface area contributed by atoms with Crippen molar-refractivity contribution < 1.29 is 23.6 Å². The Morgan fingerprint density at radius 2 is 1.69 bits per heavy atom. The smallest absolute Gasteiger partial charge is 0.337 e. The largest absolute Gasteiger partial charge is 0.497 e. The maximum Gasteiger partial charge on any atom is 0.337 e. The maximum absolute atomic E-state index is 12.3. The minimum absolute atomic E-state index is 0.146. The summed E-state index contributed by atoms with van der Waals surface area (Å²) in [5.74, 6) is 0.336. The maximum atomic E-state index is 12.3. The highest BCUT2D eigenvalue weighted by molar-refractivity contribution is 6.03. The van der Waals surface area contributed by atoms with Crippen molar-refractivity contribution in [1.29, 1.82) is 0 Å². The number of rotatable bonds is 5. The van der Waals surface area contributed by atoms with E-state index in [1.807, 2.05) is 12.1 Å². The van der Waals surface area contributed by atoms with E-state index in [-0.39, 0.29) is 5.69 Å². The van der Waals surface area contributed by atoms with Gasteiger partial charge in [0.05, 0.1) is 19.8 Å². The minimum atomic E-state index is -0.441. The predicted octanol–water partition coefficient (Wildman–Crippen LogP) is 3.39. The van der Waals surface area contributed by atoms with E-state index in [9.17, 15) is 9.59 Å². The average molecular weight is 352 g/mol. The van der Waals surface area contributed by atoms with Gasteiger partial charge in [0.2, 0.25) is 0 Å². The molecule has 26 heavy (non-hydrogen) atoms. The topological polar surface area (TPSA) is 90.7 Å². The van der Waals surface area contributed by atoms with E-state index < -0.39 is 11.9 Å². The third kappa shape index (κ3) is 3.72. The van der Waals surface area contributed by atoms with Crippen LogP contribution in [0, 0.1) is 0 Å². The molecular weight excluding hydrogens is 336 g/mol. The Balaban J connectivity index is 1.70. The monoisotopic (exact) mass is 352 g/mol. The number of carbonyl (C=O) groups is 2. The number of benzene rings is 2. The van der Waals surface area contributed by atoms with Crippen LogP contribution < -0.4 is 10.1 Å². The van der Waals surface area contributed by atoms with E-state index in [2.05, 4.69) is 15.2 Å². The Kier molecular flexibility index (Phi) is 4.98. The Hall–Kier alpha value is -3.61. The summed E-state index contributed by atoms with van der Waals surface area (Å²) < 4.78 is 15.0. The van der Waals surface area contributed by atoms with Crippen LogP contribution >= 0.6 is 0 Å². The number of aromatic nitrogens is 1. The molecule has 0 saturated carbocycles. The number of amides is 1. The lowest BCUT2D eigenvalue weighted by Crippen LogP contribution is -2.12. The number of hydrogen-bond donors (Lipinski definition) is 1. The second-order valence-electron chi connectivity index (χ2n) is 5.33. The van der Waals surface area contributed by atoms with Gasteiger partial charge in [0.15, 0.2) is 11.5 Å². The number of esters is 1. The van der Waals surface area contributed by atoms with Crippen molar-refractivity contribution in [3.63, 3.8) is 0 Å². The molecule has 7 heteroatoms. The molecule has 2 aromatic carbocycles. The molecule has 1 aromatic heterocycles.